The van der Waals surface area contributed by atoms with Gasteiger partial charge in [-0.3, -0.25) is 33.7 Å². The Morgan fingerprint density at radius 1 is 0.774 bits per heavy atom. The minimum atomic E-state index is -0.587. The highest BCUT2D eigenvalue weighted by molar-refractivity contribution is 6.13. The van der Waals surface area contributed by atoms with E-state index in [9.17, 15) is 28.8 Å². The Labute approximate surface area is 187 Å². The van der Waals surface area contributed by atoms with Gasteiger partial charge in [-0.1, -0.05) is 46.0 Å². The molecule has 1 aliphatic heterocycles. The normalized spacial score (nSPS) is 12.2. The van der Waals surface area contributed by atoms with E-state index in [0.29, 0.717) is 0 Å². The molecule has 10 nitrogen and oxygen atoms in total. The molecule has 0 aromatic rings. The van der Waals surface area contributed by atoms with E-state index in [4.69, 9.17) is 0 Å². The Morgan fingerprint density at radius 3 is 1.68 bits per heavy atom. The number of carbonyl (C=O) groups is 6. The fraction of sp³-hybridized carbons (Fsp3) is 0.619. The van der Waals surface area contributed by atoms with Gasteiger partial charge < -0.3 is 16.0 Å². The van der Waals surface area contributed by atoms with Crippen LogP contribution in [-0.4, -0.2) is 66.4 Å². The van der Waals surface area contributed by atoms with Gasteiger partial charge in [-0.25, -0.2) is 0 Å². The highest BCUT2D eigenvalue weighted by Crippen LogP contribution is 2.03. The number of unbranched alkanes of at least 4 members (excludes halogenated alkanes) is 4. The number of hydrogen-bond acceptors (Lipinski definition) is 6. The topological polar surface area (TPSA) is 142 Å². The second-order valence-electron chi connectivity index (χ2n) is 7.00. The zero-order chi connectivity index (χ0) is 23.6. The third kappa shape index (κ3) is 14.6. The number of ketones is 1. The van der Waals surface area contributed by atoms with Crippen molar-refractivity contribution >= 4 is 35.3 Å². The van der Waals surface area contributed by atoms with Gasteiger partial charge >= 0.3 is 0 Å². The second-order valence-corrected chi connectivity index (χ2v) is 7.00. The maximum Gasteiger partial charge on any atom is 0.253 e. The number of carbonyl (C=O) groups excluding carboxylic acids is 6. The van der Waals surface area contributed by atoms with Gasteiger partial charge in [0.1, 0.15) is 5.78 Å². The first-order valence-electron chi connectivity index (χ1n) is 10.5. The highest BCUT2D eigenvalue weighted by atomic mass is 16.2. The van der Waals surface area contributed by atoms with E-state index in [1.165, 1.54) is 39.0 Å². The van der Waals surface area contributed by atoms with Crippen molar-refractivity contribution in [2.45, 2.75) is 59.3 Å². The minimum absolute atomic E-state index is 0. The van der Waals surface area contributed by atoms with Gasteiger partial charge in [0.05, 0.1) is 19.6 Å². The van der Waals surface area contributed by atoms with E-state index < -0.39 is 29.5 Å². The third-order valence-corrected chi connectivity index (χ3v) is 4.10. The average Bonchev–Trinajstić information content (AvgIpc) is 3.05. The van der Waals surface area contributed by atoms with E-state index in [0.717, 1.165) is 17.1 Å². The summed E-state index contributed by atoms with van der Waals surface area (Å²) in [4.78, 5) is 68.4. The smallest absolute Gasteiger partial charge is 0.253 e. The van der Waals surface area contributed by atoms with Gasteiger partial charge in [0, 0.05) is 29.4 Å². The van der Waals surface area contributed by atoms with Crippen LogP contribution < -0.4 is 16.0 Å². The van der Waals surface area contributed by atoms with Crippen LogP contribution in [0.1, 0.15) is 63.6 Å². The molecule has 3 N–H and O–H groups in total. The van der Waals surface area contributed by atoms with Crippen molar-refractivity contribution in [2.75, 3.05) is 26.2 Å². The van der Waals surface area contributed by atoms with E-state index >= 15 is 0 Å². The summed E-state index contributed by atoms with van der Waals surface area (Å²) in [5.41, 5.74) is 0. The van der Waals surface area contributed by atoms with Gasteiger partial charge in [0.15, 0.2) is 0 Å². The molecule has 1 rings (SSSR count). The molecule has 0 saturated heterocycles. The molecule has 0 aliphatic carbocycles. The molecule has 0 aromatic carbocycles. The van der Waals surface area contributed by atoms with Crippen molar-refractivity contribution in [3.05, 3.63) is 12.2 Å². The van der Waals surface area contributed by atoms with Crippen molar-refractivity contribution in [2.24, 2.45) is 0 Å². The molecule has 10 heteroatoms. The summed E-state index contributed by atoms with van der Waals surface area (Å²) in [5.74, 6) is -2.81. The van der Waals surface area contributed by atoms with Crippen molar-refractivity contribution in [1.29, 1.82) is 0 Å². The first-order valence-corrected chi connectivity index (χ1v) is 10.5. The molecule has 31 heavy (non-hydrogen) atoms. The van der Waals surface area contributed by atoms with E-state index in [-0.39, 0.29) is 42.7 Å². The first-order chi connectivity index (χ1) is 14.7. The van der Waals surface area contributed by atoms with Crippen molar-refractivity contribution in [1.82, 2.24) is 20.9 Å². The van der Waals surface area contributed by atoms with Crippen LogP contribution in [0.25, 0.3) is 0 Å². The van der Waals surface area contributed by atoms with Crippen LogP contribution in [0.5, 0.6) is 0 Å². The number of nitrogens with zero attached hydrogens (tertiary/aromatic N) is 1. The molecule has 0 atom stereocenters. The van der Waals surface area contributed by atoms with Gasteiger partial charge in [0.2, 0.25) is 17.7 Å². The second kappa shape index (κ2) is 16.7. The molecule has 0 radical (unpaired) electrons. The highest BCUT2D eigenvalue weighted by Gasteiger charge is 2.23. The summed E-state index contributed by atoms with van der Waals surface area (Å²) in [6.45, 7) is 4.95. The molecule has 180 valence electrons. The standard InChI is InChI=1S/C14H18N4O6.C7H16.3H2/c1-9(19)6-15-11(21)8-17-12(22)7-16-10(20)4-5-18-13(23)2-3-14(18)24;1-3-5-7-6-4-2;;;/h2-3H,4-8H2,1H3,(H,15,21)(H,16,20)(H,17,22);3-7H2,1-2H3;3*1H. The van der Waals surface area contributed by atoms with Crippen LogP contribution in [0.2, 0.25) is 0 Å². The summed E-state index contributed by atoms with van der Waals surface area (Å²) in [6.07, 6.45) is 9.11. The Kier molecular flexibility index (Phi) is 15.1. The molecule has 0 unspecified atom stereocenters. The minimum Gasteiger partial charge on any atom is -0.348 e. The quantitative estimate of drug-likeness (QED) is 0.285. The summed E-state index contributed by atoms with van der Waals surface area (Å²) >= 11 is 0. The fourth-order valence-corrected chi connectivity index (χ4v) is 2.34. The Morgan fingerprint density at radius 2 is 1.23 bits per heavy atom. The number of hydrogen-bond donors (Lipinski definition) is 3. The van der Waals surface area contributed by atoms with E-state index in [1.54, 1.807) is 0 Å². The van der Waals surface area contributed by atoms with Crippen molar-refractivity contribution < 1.29 is 33.0 Å². The van der Waals surface area contributed by atoms with Crippen molar-refractivity contribution in [3.63, 3.8) is 0 Å². The van der Waals surface area contributed by atoms with Crippen LogP contribution >= 0.6 is 0 Å². The number of rotatable bonds is 13. The Balaban J connectivity index is -0.000000393. The zero-order valence-electron chi connectivity index (χ0n) is 18.6. The number of nitrogens with one attached hydrogen (secondary N) is 3. The Hall–Kier alpha value is -3.04. The predicted octanol–water partition coefficient (Wildman–Crippen LogP) is 0.954. The lowest BCUT2D eigenvalue weighted by Gasteiger charge is -2.13. The molecular weight excluding hydrogens is 404 g/mol. The molecule has 0 fully saturated rings. The van der Waals surface area contributed by atoms with E-state index in [1.807, 2.05) is 0 Å². The van der Waals surface area contributed by atoms with Crippen molar-refractivity contribution in [3.8, 4) is 0 Å². The molecule has 1 heterocycles. The number of imide groups is 1. The molecule has 5 amide bonds. The third-order valence-electron chi connectivity index (χ3n) is 4.10. The molecule has 0 aromatic heterocycles. The van der Waals surface area contributed by atoms with Gasteiger partial charge in [-0.15, -0.1) is 0 Å². The average molecular weight is 445 g/mol. The molecular formula is C21H40N4O6. The maximum absolute atomic E-state index is 11.6. The van der Waals surface area contributed by atoms with E-state index in [2.05, 4.69) is 29.8 Å². The predicted molar refractivity (Wildman–Crippen MR) is 121 cm³/mol. The SMILES string of the molecule is CC(=O)CNC(=O)CNC(=O)CNC(=O)CCN1C(=O)C=CC1=O.CCCCCCC.[HH].[HH].[HH]. The fourth-order valence-electron chi connectivity index (χ4n) is 2.34. The van der Waals surface area contributed by atoms with Gasteiger partial charge in [0.25, 0.3) is 11.8 Å². The molecule has 1 aliphatic rings. The van der Waals surface area contributed by atoms with Crippen LogP contribution in [-0.2, 0) is 28.8 Å². The largest absolute Gasteiger partial charge is 0.348 e. The molecule has 0 bridgehead atoms. The lowest BCUT2D eigenvalue weighted by atomic mass is 10.2. The summed E-state index contributed by atoms with van der Waals surface area (Å²) in [6, 6.07) is 0. The monoisotopic (exact) mass is 444 g/mol. The summed E-state index contributed by atoms with van der Waals surface area (Å²) in [7, 11) is 0. The molecule has 0 saturated carbocycles. The molecule has 0 spiro atoms. The van der Waals surface area contributed by atoms with Crippen LogP contribution in [0.4, 0.5) is 0 Å². The summed E-state index contributed by atoms with van der Waals surface area (Å²) < 4.78 is 0. The lowest BCUT2D eigenvalue weighted by molar-refractivity contribution is -0.137. The van der Waals surface area contributed by atoms with Gasteiger partial charge in [-0.2, -0.15) is 0 Å². The lowest BCUT2D eigenvalue weighted by Crippen LogP contribution is -2.43. The first kappa shape index (κ1) is 28.0. The number of Topliss-reactive ketones (excluding diaryl/α,β-unsaturated/α-hetero) is 1. The number of amides is 5. The summed E-state index contributed by atoms with van der Waals surface area (Å²) in [5, 5.41) is 6.87. The van der Waals surface area contributed by atoms with Crippen LogP contribution in [0.15, 0.2) is 12.2 Å². The van der Waals surface area contributed by atoms with Crippen LogP contribution in [0, 0.1) is 0 Å². The Bertz CT molecular complexity index is 667. The maximum atomic E-state index is 11.6. The zero-order valence-corrected chi connectivity index (χ0v) is 18.6. The van der Waals surface area contributed by atoms with Crippen LogP contribution in [0.3, 0.4) is 0 Å². The van der Waals surface area contributed by atoms with Gasteiger partial charge in [-0.05, 0) is 6.92 Å².